The number of rotatable bonds is 3. The van der Waals surface area contributed by atoms with Gasteiger partial charge in [0.15, 0.2) is 9.95 Å². The summed E-state index contributed by atoms with van der Waals surface area (Å²) >= 11 is 0. The van der Waals surface area contributed by atoms with Crippen LogP contribution in [0.4, 0.5) is 11.4 Å². The fraction of sp³-hybridized carbons (Fsp3) is 0.143. The van der Waals surface area contributed by atoms with Crippen LogP contribution in [-0.4, -0.2) is 14.2 Å². The predicted molar refractivity (Wildman–Crippen MR) is 73.4 cm³/mol. The van der Waals surface area contributed by atoms with Crippen molar-refractivity contribution >= 4 is 11.4 Å². The first-order valence-electron chi connectivity index (χ1n) is 6.04. The molecule has 2 rings (SSSR count). The lowest BCUT2D eigenvalue weighted by Gasteiger charge is -2.15. The molecule has 110 valence electrons. The maximum Gasteiger partial charge on any atom is 0.378 e. The summed E-state index contributed by atoms with van der Waals surface area (Å²) in [6.07, 6.45) is 0. The van der Waals surface area contributed by atoms with Gasteiger partial charge in [0.05, 0.1) is 14.2 Å². The van der Waals surface area contributed by atoms with Crippen molar-refractivity contribution < 1.29 is 19.7 Å². The minimum absolute atomic E-state index is 0.193. The Bertz CT molecular complexity index is 752. The SMILES string of the molecule is COc1cc([O-])c([N+]#N)cc1-c1cc([N+]#N)c([O-])cc1OC. The van der Waals surface area contributed by atoms with Gasteiger partial charge in [-0.05, 0) is 23.6 Å². The summed E-state index contributed by atoms with van der Waals surface area (Å²) in [5.41, 5.74) is 0.284. The summed E-state index contributed by atoms with van der Waals surface area (Å²) in [6.45, 7) is 0. The molecule has 0 aliphatic heterocycles. The van der Waals surface area contributed by atoms with Gasteiger partial charge in [0.2, 0.25) is 10.8 Å². The van der Waals surface area contributed by atoms with Crippen molar-refractivity contribution in [3.63, 3.8) is 0 Å². The van der Waals surface area contributed by atoms with Gasteiger partial charge in [-0.1, -0.05) is 0 Å². The van der Waals surface area contributed by atoms with Gasteiger partial charge in [0.25, 0.3) is 0 Å². The van der Waals surface area contributed by atoms with Crippen LogP contribution in [0.25, 0.3) is 21.1 Å². The van der Waals surface area contributed by atoms with Crippen molar-refractivity contribution in [2.75, 3.05) is 14.2 Å². The summed E-state index contributed by atoms with van der Waals surface area (Å²) in [5.74, 6) is -0.680. The second kappa shape index (κ2) is 5.85. The number of ether oxygens (including phenoxy) is 2. The van der Waals surface area contributed by atoms with E-state index >= 15 is 0 Å². The molecular formula is C14H10N4O4. The van der Waals surface area contributed by atoms with Gasteiger partial charge in [-0.15, -0.1) is 0 Å². The second-order valence-electron chi connectivity index (χ2n) is 4.24. The molecule has 0 spiro atoms. The maximum atomic E-state index is 11.7. The molecule has 2 aromatic rings. The van der Waals surface area contributed by atoms with E-state index in [0.717, 1.165) is 12.1 Å². The Morgan fingerprint density at radius 3 is 1.41 bits per heavy atom. The lowest BCUT2D eigenvalue weighted by molar-refractivity contribution is -0.267. The van der Waals surface area contributed by atoms with Crippen molar-refractivity contribution in [1.82, 2.24) is 0 Å². The minimum atomic E-state index is -0.533. The normalized spacial score (nSPS) is 9.64. The average Bonchev–Trinajstić information content (AvgIpc) is 2.54. The highest BCUT2D eigenvalue weighted by Crippen LogP contribution is 2.45. The zero-order valence-corrected chi connectivity index (χ0v) is 11.7. The highest BCUT2D eigenvalue weighted by atomic mass is 16.5. The Kier molecular flexibility index (Phi) is 3.96. The van der Waals surface area contributed by atoms with E-state index in [2.05, 4.69) is 9.95 Å². The average molecular weight is 298 g/mol. The van der Waals surface area contributed by atoms with E-state index < -0.39 is 11.5 Å². The van der Waals surface area contributed by atoms with Crippen LogP contribution >= 0.6 is 0 Å². The molecule has 0 heterocycles. The molecule has 22 heavy (non-hydrogen) atoms. The first-order chi connectivity index (χ1) is 10.5. The molecule has 0 aliphatic carbocycles. The molecule has 0 amide bonds. The molecule has 0 bridgehead atoms. The van der Waals surface area contributed by atoms with Crippen molar-refractivity contribution in [3.8, 4) is 34.1 Å². The van der Waals surface area contributed by atoms with Crippen molar-refractivity contribution in [1.29, 1.82) is 10.8 Å². The van der Waals surface area contributed by atoms with Crippen LogP contribution in [0.5, 0.6) is 23.0 Å². The van der Waals surface area contributed by atoms with Gasteiger partial charge in [-0.3, -0.25) is 0 Å². The number of benzene rings is 2. The van der Waals surface area contributed by atoms with E-state index in [4.69, 9.17) is 20.3 Å². The molecule has 0 fully saturated rings. The van der Waals surface area contributed by atoms with Crippen LogP contribution in [0.2, 0.25) is 0 Å². The predicted octanol–water partition coefficient (Wildman–Crippen LogP) is 2.49. The number of nitrogens with zero attached hydrogens (tertiary/aromatic N) is 4. The highest BCUT2D eigenvalue weighted by molar-refractivity contribution is 5.84. The summed E-state index contributed by atoms with van der Waals surface area (Å²) in [5, 5.41) is 41.1. The van der Waals surface area contributed by atoms with Gasteiger partial charge < -0.3 is 19.7 Å². The van der Waals surface area contributed by atoms with Gasteiger partial charge in [0.1, 0.15) is 11.5 Å². The van der Waals surface area contributed by atoms with Crippen LogP contribution in [0, 0.1) is 10.8 Å². The van der Waals surface area contributed by atoms with Crippen LogP contribution < -0.4 is 19.7 Å². The third kappa shape index (κ3) is 2.41. The van der Waals surface area contributed by atoms with Crippen molar-refractivity contribution in [2.45, 2.75) is 0 Å². The largest absolute Gasteiger partial charge is 0.867 e. The third-order valence-electron chi connectivity index (χ3n) is 3.07. The van der Waals surface area contributed by atoms with Gasteiger partial charge in [-0.25, -0.2) is 0 Å². The Balaban J connectivity index is 2.81. The number of hydrogen-bond donors (Lipinski definition) is 0. The molecule has 0 aromatic heterocycles. The van der Waals surface area contributed by atoms with E-state index in [1.807, 2.05) is 0 Å². The van der Waals surface area contributed by atoms with E-state index in [-0.39, 0.29) is 22.9 Å². The van der Waals surface area contributed by atoms with E-state index in [9.17, 15) is 10.2 Å². The number of methoxy groups -OCH3 is 2. The Morgan fingerprint density at radius 2 is 1.14 bits per heavy atom. The Labute approximate surface area is 125 Å². The highest BCUT2D eigenvalue weighted by Gasteiger charge is 2.21. The lowest BCUT2D eigenvalue weighted by atomic mass is 10.0. The van der Waals surface area contributed by atoms with Crippen molar-refractivity contribution in [3.05, 3.63) is 34.2 Å². The fourth-order valence-electron chi connectivity index (χ4n) is 2.01. The smallest absolute Gasteiger partial charge is 0.378 e. The lowest BCUT2D eigenvalue weighted by Crippen LogP contribution is -1.97. The summed E-state index contributed by atoms with van der Waals surface area (Å²) in [4.78, 5) is 5.81. The molecular weight excluding hydrogens is 288 g/mol. The number of hydrogen-bond acceptors (Lipinski definition) is 6. The molecule has 0 saturated carbocycles. The van der Waals surface area contributed by atoms with Crippen LogP contribution in [-0.2, 0) is 0 Å². The molecule has 8 heteroatoms. The molecule has 2 aromatic carbocycles. The molecule has 0 N–H and O–H groups in total. The summed E-state index contributed by atoms with van der Waals surface area (Å²) in [7, 11) is 2.72. The monoisotopic (exact) mass is 298 g/mol. The van der Waals surface area contributed by atoms with Crippen LogP contribution in [0.3, 0.4) is 0 Å². The summed E-state index contributed by atoms with van der Waals surface area (Å²) < 4.78 is 10.3. The van der Waals surface area contributed by atoms with E-state index in [0.29, 0.717) is 11.1 Å². The quantitative estimate of drug-likeness (QED) is 0.802. The first-order valence-corrected chi connectivity index (χ1v) is 6.04. The zero-order chi connectivity index (χ0) is 16.3. The van der Waals surface area contributed by atoms with Crippen LogP contribution in [0.15, 0.2) is 24.3 Å². The van der Waals surface area contributed by atoms with Gasteiger partial charge in [0, 0.05) is 23.3 Å². The fourth-order valence-corrected chi connectivity index (χ4v) is 2.01. The second-order valence-corrected chi connectivity index (χ2v) is 4.24. The topological polar surface area (TPSA) is 121 Å². The Morgan fingerprint density at radius 1 is 0.773 bits per heavy atom. The molecule has 0 unspecified atom stereocenters. The third-order valence-corrected chi connectivity index (χ3v) is 3.07. The first kappa shape index (κ1) is 14.9. The molecule has 0 radical (unpaired) electrons. The van der Waals surface area contributed by atoms with Gasteiger partial charge in [-0.2, -0.15) is 0 Å². The molecule has 0 atom stereocenters. The van der Waals surface area contributed by atoms with Crippen molar-refractivity contribution in [2.24, 2.45) is 0 Å². The molecule has 0 aliphatic rings. The number of diazo groups is 2. The minimum Gasteiger partial charge on any atom is -0.867 e. The zero-order valence-electron chi connectivity index (χ0n) is 11.7. The standard InChI is InChI=1S/C14H10N4O4/c1-21-13-5-11(19)9(17-15)3-7(13)8-4-10(18-16)12(20)6-14(8)22-2/h3-6H,1-2H3. The van der Waals surface area contributed by atoms with Gasteiger partial charge >= 0.3 is 11.4 Å². The van der Waals surface area contributed by atoms with Crippen LogP contribution in [0.1, 0.15) is 0 Å². The Hall–Kier alpha value is -3.52. The van der Waals surface area contributed by atoms with E-state index in [1.54, 1.807) is 0 Å². The molecule has 8 nitrogen and oxygen atoms in total. The maximum absolute atomic E-state index is 11.7. The van der Waals surface area contributed by atoms with E-state index in [1.165, 1.54) is 26.4 Å². The summed E-state index contributed by atoms with van der Waals surface area (Å²) in [6, 6.07) is 4.85. The molecule has 0 saturated heterocycles.